The summed E-state index contributed by atoms with van der Waals surface area (Å²) in [5.41, 5.74) is -0.0127. The number of hydrogen-bond acceptors (Lipinski definition) is 4. The van der Waals surface area contributed by atoms with E-state index < -0.39 is 17.3 Å². The Balaban J connectivity index is 2.61. The van der Waals surface area contributed by atoms with Crippen LogP contribution in [0.1, 0.15) is 18.1 Å². The maximum Gasteiger partial charge on any atom is 0.417 e. The van der Waals surface area contributed by atoms with E-state index in [2.05, 4.69) is 11.6 Å². The van der Waals surface area contributed by atoms with Crippen molar-refractivity contribution in [3.8, 4) is 23.1 Å². The van der Waals surface area contributed by atoms with Gasteiger partial charge in [0.15, 0.2) is 0 Å². The van der Waals surface area contributed by atoms with Crippen molar-refractivity contribution in [3.05, 3.63) is 53.6 Å². The number of aromatic nitrogens is 1. The van der Waals surface area contributed by atoms with E-state index in [0.29, 0.717) is 17.1 Å². The molecule has 0 N–H and O–H groups in total. The first kappa shape index (κ1) is 18.9. The zero-order valence-corrected chi connectivity index (χ0v) is 14.5. The molecule has 1 heterocycles. The molecule has 1 aromatic heterocycles. The second kappa shape index (κ2) is 7.62. The maximum absolute atomic E-state index is 13.4. The molecule has 0 fully saturated rings. The van der Waals surface area contributed by atoms with Crippen LogP contribution in [-0.4, -0.2) is 17.8 Å². The maximum atomic E-state index is 13.4. The normalized spacial score (nSPS) is 11.0. The highest BCUT2D eigenvalue weighted by Gasteiger charge is 2.36. The molecule has 0 amide bonds. The second-order valence-electron chi connectivity index (χ2n) is 5.32. The first-order valence-electron chi connectivity index (χ1n) is 7.20. The van der Waals surface area contributed by atoms with Crippen LogP contribution in [0.4, 0.5) is 13.2 Å². The number of hydrogen-bond donors (Lipinski definition) is 0. The topological polar surface area (TPSA) is 45.9 Å². The minimum Gasteiger partial charge on any atom is -0.497 e. The van der Waals surface area contributed by atoms with Crippen molar-refractivity contribution in [3.63, 3.8) is 0 Å². The molecule has 0 unspecified atom stereocenters. The Morgan fingerprint density at radius 2 is 1.96 bits per heavy atom. The van der Waals surface area contributed by atoms with E-state index in [0.717, 1.165) is 23.4 Å². The van der Waals surface area contributed by atoms with Crippen molar-refractivity contribution in [2.45, 2.75) is 18.1 Å². The summed E-state index contributed by atoms with van der Waals surface area (Å²) in [6, 6.07) is 9.08. The molecule has 0 aliphatic carbocycles. The van der Waals surface area contributed by atoms with Crippen LogP contribution >= 0.6 is 11.8 Å². The predicted molar refractivity (Wildman–Crippen MR) is 91.5 cm³/mol. The number of thioether (sulfide) groups is 1. The van der Waals surface area contributed by atoms with Crippen molar-refractivity contribution >= 4 is 11.8 Å². The van der Waals surface area contributed by atoms with Crippen molar-refractivity contribution in [1.82, 2.24) is 4.98 Å². The van der Waals surface area contributed by atoms with Crippen LogP contribution in [0.15, 0.2) is 47.5 Å². The Morgan fingerprint density at radius 1 is 1.32 bits per heavy atom. The van der Waals surface area contributed by atoms with E-state index in [-0.39, 0.29) is 10.7 Å². The predicted octanol–water partition coefficient (Wildman–Crippen LogP) is 5.32. The molecule has 0 atom stereocenters. The van der Waals surface area contributed by atoms with E-state index in [1.54, 1.807) is 37.3 Å². The Hall–Kier alpha value is -2.46. The van der Waals surface area contributed by atoms with Crippen molar-refractivity contribution in [1.29, 1.82) is 5.26 Å². The third-order valence-corrected chi connectivity index (χ3v) is 4.45. The number of methoxy groups -OCH3 is 1. The molecule has 1 aromatic carbocycles. The lowest BCUT2D eigenvalue weighted by atomic mass is 10.1. The van der Waals surface area contributed by atoms with E-state index >= 15 is 0 Å². The fourth-order valence-electron chi connectivity index (χ4n) is 2.06. The molecule has 0 radical (unpaired) electrons. The number of nitrogens with zero attached hydrogens (tertiary/aromatic N) is 2. The van der Waals surface area contributed by atoms with Gasteiger partial charge in [0, 0.05) is 11.3 Å². The zero-order valence-electron chi connectivity index (χ0n) is 13.6. The number of halogens is 3. The number of pyridine rings is 1. The number of alkyl halides is 3. The summed E-state index contributed by atoms with van der Waals surface area (Å²) in [5.74, 6) is 0.968. The molecule has 0 spiro atoms. The molecule has 0 saturated heterocycles. The Bertz CT molecular complexity index is 824. The van der Waals surface area contributed by atoms with E-state index in [9.17, 15) is 18.4 Å². The van der Waals surface area contributed by atoms with Crippen LogP contribution in [0.2, 0.25) is 0 Å². The minimum atomic E-state index is -4.65. The van der Waals surface area contributed by atoms with Crippen LogP contribution < -0.4 is 4.74 Å². The summed E-state index contributed by atoms with van der Waals surface area (Å²) in [4.78, 5) is 4.27. The summed E-state index contributed by atoms with van der Waals surface area (Å²) < 4.78 is 45.3. The fourth-order valence-corrected chi connectivity index (χ4v) is 2.90. The van der Waals surface area contributed by atoms with Gasteiger partial charge < -0.3 is 4.74 Å². The van der Waals surface area contributed by atoms with E-state index in [1.165, 1.54) is 7.11 Å². The Kier molecular flexibility index (Phi) is 5.75. The number of rotatable bonds is 5. The smallest absolute Gasteiger partial charge is 0.417 e. The summed E-state index contributed by atoms with van der Waals surface area (Å²) in [7, 11) is 1.50. The van der Waals surface area contributed by atoms with Crippen molar-refractivity contribution < 1.29 is 17.9 Å². The van der Waals surface area contributed by atoms with Gasteiger partial charge in [-0.25, -0.2) is 4.98 Å². The van der Waals surface area contributed by atoms with Gasteiger partial charge in [0.1, 0.15) is 16.8 Å². The third kappa shape index (κ3) is 4.54. The number of nitriles is 1. The fraction of sp³-hybridized carbons (Fsp3) is 0.222. The monoisotopic (exact) mass is 364 g/mol. The first-order chi connectivity index (χ1) is 11.8. The third-order valence-electron chi connectivity index (χ3n) is 3.24. The molecule has 2 rings (SSSR count). The van der Waals surface area contributed by atoms with Crippen LogP contribution in [0.5, 0.6) is 5.75 Å². The van der Waals surface area contributed by atoms with Crippen molar-refractivity contribution in [2.24, 2.45) is 0 Å². The molecule has 3 nitrogen and oxygen atoms in total. The molecule has 0 aliphatic heterocycles. The lowest BCUT2D eigenvalue weighted by molar-refractivity contribution is -0.138. The lowest BCUT2D eigenvalue weighted by Crippen LogP contribution is -2.10. The number of ether oxygens (including phenoxy) is 1. The molecule has 0 saturated carbocycles. The highest BCUT2D eigenvalue weighted by atomic mass is 32.2. The van der Waals surface area contributed by atoms with Crippen LogP contribution in [-0.2, 0) is 6.18 Å². The van der Waals surface area contributed by atoms with Crippen LogP contribution in [0.25, 0.3) is 11.3 Å². The van der Waals surface area contributed by atoms with Gasteiger partial charge in [-0.05, 0) is 37.3 Å². The summed E-state index contributed by atoms with van der Waals surface area (Å²) >= 11 is 1.07. The average molecular weight is 364 g/mol. The summed E-state index contributed by atoms with van der Waals surface area (Å²) in [6.07, 6.45) is -4.65. The van der Waals surface area contributed by atoms with Gasteiger partial charge in [0.05, 0.1) is 23.9 Å². The van der Waals surface area contributed by atoms with E-state index in [4.69, 9.17) is 4.74 Å². The van der Waals surface area contributed by atoms with E-state index in [1.807, 2.05) is 0 Å². The number of benzene rings is 1. The van der Waals surface area contributed by atoms with Gasteiger partial charge in [-0.1, -0.05) is 12.2 Å². The molecule has 0 aliphatic rings. The largest absolute Gasteiger partial charge is 0.497 e. The Labute approximate surface area is 148 Å². The first-order valence-corrected chi connectivity index (χ1v) is 8.18. The van der Waals surface area contributed by atoms with Gasteiger partial charge in [-0.2, -0.15) is 18.4 Å². The summed E-state index contributed by atoms with van der Waals surface area (Å²) in [5, 5.41) is 9.26. The highest BCUT2D eigenvalue weighted by Crippen LogP contribution is 2.38. The Morgan fingerprint density at radius 3 is 2.44 bits per heavy atom. The highest BCUT2D eigenvalue weighted by molar-refractivity contribution is 7.99. The standard InChI is InChI=1S/C18H15F3N2OS/c1-11(2)10-25-17-14(9-22)15(18(19,20)21)8-16(23-17)12-4-6-13(24-3)7-5-12/h4-8H,1,10H2,2-3H3. The lowest BCUT2D eigenvalue weighted by Gasteiger charge is -2.14. The average Bonchev–Trinajstić information content (AvgIpc) is 2.58. The molecule has 25 heavy (non-hydrogen) atoms. The van der Waals surface area contributed by atoms with Gasteiger partial charge in [0.25, 0.3) is 0 Å². The van der Waals surface area contributed by atoms with Gasteiger partial charge in [-0.3, -0.25) is 0 Å². The SMILES string of the molecule is C=C(C)CSc1nc(-c2ccc(OC)cc2)cc(C(F)(F)F)c1C#N. The molecular formula is C18H15F3N2OS. The molecule has 0 bridgehead atoms. The zero-order chi connectivity index (χ0) is 18.6. The van der Waals surface area contributed by atoms with Crippen LogP contribution in [0.3, 0.4) is 0 Å². The van der Waals surface area contributed by atoms with Gasteiger partial charge >= 0.3 is 6.18 Å². The minimum absolute atomic E-state index is 0.0474. The summed E-state index contributed by atoms with van der Waals surface area (Å²) in [6.45, 7) is 5.49. The quantitative estimate of drug-likeness (QED) is 0.532. The van der Waals surface area contributed by atoms with Crippen LogP contribution in [0, 0.1) is 11.3 Å². The molecular weight excluding hydrogens is 349 g/mol. The van der Waals surface area contributed by atoms with Gasteiger partial charge in [0.2, 0.25) is 0 Å². The molecule has 2 aromatic rings. The molecule has 130 valence electrons. The molecule has 7 heteroatoms. The second-order valence-corrected chi connectivity index (χ2v) is 6.28. The van der Waals surface area contributed by atoms with Crippen molar-refractivity contribution in [2.75, 3.05) is 12.9 Å². The van der Waals surface area contributed by atoms with Gasteiger partial charge in [-0.15, -0.1) is 11.8 Å².